The molecule has 1 heterocycles. The normalized spacial score (nSPS) is 22.5. The van der Waals surface area contributed by atoms with Crippen LogP contribution in [-0.2, 0) is 16.1 Å². The minimum absolute atomic E-state index is 0.0143. The molecule has 1 amide bonds. The fraction of sp³-hybridized carbons (Fsp3) is 0.562. The van der Waals surface area contributed by atoms with E-state index in [2.05, 4.69) is 12.2 Å². The van der Waals surface area contributed by atoms with Crippen LogP contribution < -0.4 is 5.32 Å². The van der Waals surface area contributed by atoms with Crippen LogP contribution in [-0.4, -0.2) is 23.7 Å². The molecule has 1 aliphatic rings. The van der Waals surface area contributed by atoms with Crippen molar-refractivity contribution in [2.75, 3.05) is 11.9 Å². The monoisotopic (exact) mass is 277 g/mol. The second kappa shape index (κ2) is 7.41. The molecule has 1 aliphatic heterocycles. The largest absolute Gasteiger partial charge is 0.392 e. The van der Waals surface area contributed by atoms with Crippen molar-refractivity contribution in [1.82, 2.24) is 0 Å². The van der Waals surface area contributed by atoms with Gasteiger partial charge in [0, 0.05) is 18.2 Å². The Kier molecular flexibility index (Phi) is 5.56. The summed E-state index contributed by atoms with van der Waals surface area (Å²) in [5.74, 6) is 0.0857. The highest BCUT2D eigenvalue weighted by Gasteiger charge is 2.27. The van der Waals surface area contributed by atoms with E-state index in [1.54, 1.807) is 6.07 Å². The molecule has 2 unspecified atom stereocenters. The first-order chi connectivity index (χ1) is 9.72. The molecular weight excluding hydrogens is 254 g/mol. The minimum atomic E-state index is -0.0143. The topological polar surface area (TPSA) is 58.6 Å². The maximum atomic E-state index is 12.3. The molecule has 0 aromatic heterocycles. The number of rotatable bonds is 5. The number of carbonyl (C=O) groups excluding carboxylic acids is 1. The molecule has 20 heavy (non-hydrogen) atoms. The molecule has 0 saturated carbocycles. The lowest BCUT2D eigenvalue weighted by molar-refractivity contribution is -0.125. The first-order valence-corrected chi connectivity index (χ1v) is 7.35. The van der Waals surface area contributed by atoms with Crippen LogP contribution in [0.1, 0.15) is 38.2 Å². The molecule has 2 atom stereocenters. The average molecular weight is 277 g/mol. The molecule has 4 nitrogen and oxygen atoms in total. The van der Waals surface area contributed by atoms with Crippen molar-refractivity contribution in [2.24, 2.45) is 5.92 Å². The van der Waals surface area contributed by atoms with Crippen LogP contribution in [0, 0.1) is 5.92 Å². The summed E-state index contributed by atoms with van der Waals surface area (Å²) in [5.41, 5.74) is 1.55. The quantitative estimate of drug-likeness (QED) is 0.870. The van der Waals surface area contributed by atoms with Crippen LogP contribution in [0.5, 0.6) is 0 Å². The first-order valence-electron chi connectivity index (χ1n) is 7.35. The number of nitrogens with one attached hydrogen (secondary N) is 1. The van der Waals surface area contributed by atoms with Crippen molar-refractivity contribution in [3.63, 3.8) is 0 Å². The van der Waals surface area contributed by atoms with E-state index in [-0.39, 0.29) is 24.5 Å². The van der Waals surface area contributed by atoms with E-state index >= 15 is 0 Å². The Morgan fingerprint density at radius 2 is 2.35 bits per heavy atom. The molecule has 2 rings (SSSR count). The molecule has 110 valence electrons. The summed E-state index contributed by atoms with van der Waals surface area (Å²) in [6, 6.07) is 7.33. The van der Waals surface area contributed by atoms with E-state index in [0.29, 0.717) is 6.61 Å². The van der Waals surface area contributed by atoms with Gasteiger partial charge in [0.05, 0.1) is 12.7 Å². The number of anilines is 1. The van der Waals surface area contributed by atoms with Gasteiger partial charge >= 0.3 is 0 Å². The summed E-state index contributed by atoms with van der Waals surface area (Å²) in [5, 5.41) is 12.1. The van der Waals surface area contributed by atoms with Gasteiger partial charge in [0.25, 0.3) is 0 Å². The summed E-state index contributed by atoms with van der Waals surface area (Å²) in [6.07, 6.45) is 3.90. The maximum Gasteiger partial charge on any atom is 0.227 e. The zero-order valence-corrected chi connectivity index (χ0v) is 12.0. The van der Waals surface area contributed by atoms with E-state index in [0.717, 1.165) is 36.9 Å². The highest BCUT2D eigenvalue weighted by Crippen LogP contribution is 2.24. The number of ether oxygens (including phenoxy) is 1. The van der Waals surface area contributed by atoms with Gasteiger partial charge in [-0.05, 0) is 37.0 Å². The predicted octanol–water partition coefficient (Wildman–Crippen LogP) is 2.71. The fourth-order valence-electron chi connectivity index (χ4n) is 2.63. The Labute approximate surface area is 120 Å². The van der Waals surface area contributed by atoms with Crippen molar-refractivity contribution in [2.45, 2.75) is 45.3 Å². The molecule has 0 aliphatic carbocycles. The molecule has 0 spiro atoms. The van der Waals surface area contributed by atoms with Gasteiger partial charge in [-0.25, -0.2) is 0 Å². The zero-order chi connectivity index (χ0) is 14.4. The molecule has 4 heteroatoms. The van der Waals surface area contributed by atoms with Gasteiger partial charge in [-0.3, -0.25) is 4.79 Å². The van der Waals surface area contributed by atoms with Crippen LogP contribution in [0.25, 0.3) is 0 Å². The standard InChI is InChI=1S/C16H23NO3/c1-2-4-15-10-13(7-8-20-15)16(19)17-14-6-3-5-12(9-14)11-18/h3,5-6,9,13,15,18H,2,4,7-8,10-11H2,1H3,(H,17,19). The molecular formula is C16H23NO3. The third kappa shape index (κ3) is 4.05. The Morgan fingerprint density at radius 1 is 1.50 bits per heavy atom. The second-order valence-electron chi connectivity index (χ2n) is 5.35. The summed E-state index contributed by atoms with van der Waals surface area (Å²) in [7, 11) is 0. The first kappa shape index (κ1) is 15.0. The van der Waals surface area contributed by atoms with E-state index in [1.807, 2.05) is 18.2 Å². The molecule has 1 aromatic carbocycles. The van der Waals surface area contributed by atoms with Crippen LogP contribution >= 0.6 is 0 Å². The molecule has 0 bridgehead atoms. The van der Waals surface area contributed by atoms with Crippen molar-refractivity contribution >= 4 is 11.6 Å². The van der Waals surface area contributed by atoms with Crippen LogP contribution in [0.15, 0.2) is 24.3 Å². The number of benzene rings is 1. The molecule has 1 fully saturated rings. The van der Waals surface area contributed by atoms with E-state index < -0.39 is 0 Å². The fourth-order valence-corrected chi connectivity index (χ4v) is 2.63. The van der Waals surface area contributed by atoms with Crippen LogP contribution in [0.4, 0.5) is 5.69 Å². The lowest BCUT2D eigenvalue weighted by atomic mass is 9.92. The van der Waals surface area contributed by atoms with Gasteiger partial charge in [0.15, 0.2) is 0 Å². The van der Waals surface area contributed by atoms with E-state index in [1.165, 1.54) is 0 Å². The average Bonchev–Trinajstić information content (AvgIpc) is 2.48. The summed E-state index contributed by atoms with van der Waals surface area (Å²) >= 11 is 0. The maximum absolute atomic E-state index is 12.3. The minimum Gasteiger partial charge on any atom is -0.392 e. The number of amides is 1. The van der Waals surface area contributed by atoms with Crippen LogP contribution in [0.2, 0.25) is 0 Å². The van der Waals surface area contributed by atoms with Gasteiger partial charge in [0.1, 0.15) is 0 Å². The molecule has 1 saturated heterocycles. The number of hydrogen-bond acceptors (Lipinski definition) is 3. The number of hydrogen-bond donors (Lipinski definition) is 2. The predicted molar refractivity (Wildman–Crippen MR) is 78.4 cm³/mol. The Balaban J connectivity index is 1.93. The lowest BCUT2D eigenvalue weighted by Crippen LogP contribution is -2.33. The summed E-state index contributed by atoms with van der Waals surface area (Å²) in [6.45, 7) is 2.78. The highest BCUT2D eigenvalue weighted by atomic mass is 16.5. The van der Waals surface area contributed by atoms with Gasteiger partial charge < -0.3 is 15.2 Å². The van der Waals surface area contributed by atoms with Crippen LogP contribution in [0.3, 0.4) is 0 Å². The van der Waals surface area contributed by atoms with Gasteiger partial charge in [-0.2, -0.15) is 0 Å². The third-order valence-corrected chi connectivity index (χ3v) is 3.73. The Hall–Kier alpha value is -1.39. The molecule has 0 radical (unpaired) electrons. The smallest absolute Gasteiger partial charge is 0.227 e. The Morgan fingerprint density at radius 3 is 3.10 bits per heavy atom. The molecule has 2 N–H and O–H groups in total. The number of aliphatic hydroxyl groups is 1. The van der Waals surface area contributed by atoms with Gasteiger partial charge in [-0.1, -0.05) is 25.5 Å². The summed E-state index contributed by atoms with van der Waals surface area (Å²) in [4.78, 5) is 12.3. The number of carbonyl (C=O) groups is 1. The number of aliphatic hydroxyl groups excluding tert-OH is 1. The molecule has 1 aromatic rings. The Bertz CT molecular complexity index is 445. The third-order valence-electron chi connectivity index (χ3n) is 3.73. The van der Waals surface area contributed by atoms with Gasteiger partial charge in [0.2, 0.25) is 5.91 Å². The van der Waals surface area contributed by atoms with E-state index in [9.17, 15) is 4.79 Å². The van der Waals surface area contributed by atoms with Gasteiger partial charge in [-0.15, -0.1) is 0 Å². The SMILES string of the molecule is CCCC1CC(C(=O)Nc2cccc(CO)c2)CCO1. The van der Waals surface area contributed by atoms with Crippen molar-refractivity contribution in [1.29, 1.82) is 0 Å². The highest BCUT2D eigenvalue weighted by molar-refractivity contribution is 5.92. The van der Waals surface area contributed by atoms with Crippen molar-refractivity contribution in [3.05, 3.63) is 29.8 Å². The van der Waals surface area contributed by atoms with Crippen molar-refractivity contribution in [3.8, 4) is 0 Å². The zero-order valence-electron chi connectivity index (χ0n) is 12.0. The summed E-state index contributed by atoms with van der Waals surface area (Å²) < 4.78 is 5.67. The second-order valence-corrected chi connectivity index (χ2v) is 5.35. The van der Waals surface area contributed by atoms with Crippen molar-refractivity contribution < 1.29 is 14.6 Å². The van der Waals surface area contributed by atoms with E-state index in [4.69, 9.17) is 9.84 Å². The lowest BCUT2D eigenvalue weighted by Gasteiger charge is -2.28.